The van der Waals surface area contributed by atoms with E-state index in [0.29, 0.717) is 6.04 Å². The topological polar surface area (TPSA) is 46.3 Å². The van der Waals surface area contributed by atoms with E-state index in [2.05, 4.69) is 0 Å². The minimum Gasteiger partial charge on any atom is -0.399 e. The molecule has 3 nitrogen and oxygen atoms in total. The van der Waals surface area contributed by atoms with E-state index in [9.17, 15) is 4.79 Å². The van der Waals surface area contributed by atoms with Gasteiger partial charge in [0.05, 0.1) is 4.88 Å². The van der Waals surface area contributed by atoms with Crippen LogP contribution in [-0.4, -0.2) is 23.9 Å². The van der Waals surface area contributed by atoms with Gasteiger partial charge in [-0.25, -0.2) is 0 Å². The smallest absolute Gasteiger partial charge is 0.263 e. The van der Waals surface area contributed by atoms with E-state index in [1.807, 2.05) is 36.2 Å². The molecule has 0 aliphatic heterocycles. The second-order valence-corrected chi connectivity index (χ2v) is 6.70. The summed E-state index contributed by atoms with van der Waals surface area (Å²) in [5.74, 6) is 0.150. The van der Waals surface area contributed by atoms with Gasteiger partial charge >= 0.3 is 0 Å². The van der Waals surface area contributed by atoms with Gasteiger partial charge in [0.25, 0.3) is 5.91 Å². The maximum atomic E-state index is 12.6. The number of anilines is 1. The van der Waals surface area contributed by atoms with Crippen LogP contribution in [0.15, 0.2) is 24.3 Å². The fourth-order valence-electron chi connectivity index (χ4n) is 2.98. The van der Waals surface area contributed by atoms with Crippen LogP contribution < -0.4 is 5.73 Å². The molecule has 0 atom stereocenters. The first-order valence-electron chi connectivity index (χ1n) is 7.21. The molecule has 2 N–H and O–H groups in total. The standard InChI is InChI=1S/C16H20N2OS/c1-18(13-5-3-2-4-6-13)16(19)15-10-11-9-12(17)7-8-14(11)20-15/h7-10,13H,2-6,17H2,1H3. The summed E-state index contributed by atoms with van der Waals surface area (Å²) >= 11 is 1.56. The quantitative estimate of drug-likeness (QED) is 0.852. The average Bonchev–Trinajstić information content (AvgIpc) is 2.89. The molecule has 1 amide bonds. The molecule has 3 rings (SSSR count). The van der Waals surface area contributed by atoms with Gasteiger partial charge < -0.3 is 10.6 Å². The number of benzene rings is 1. The molecule has 0 radical (unpaired) electrons. The van der Waals surface area contributed by atoms with Crippen LogP contribution in [0.25, 0.3) is 10.1 Å². The molecule has 1 heterocycles. The van der Waals surface area contributed by atoms with Crippen LogP contribution in [0.4, 0.5) is 5.69 Å². The van der Waals surface area contributed by atoms with Crippen molar-refractivity contribution in [2.45, 2.75) is 38.1 Å². The number of thiophene rings is 1. The van der Waals surface area contributed by atoms with Crippen LogP contribution in [0, 0.1) is 0 Å². The number of hydrogen-bond donors (Lipinski definition) is 1. The Morgan fingerprint density at radius 1 is 1.25 bits per heavy atom. The second kappa shape index (κ2) is 5.44. The van der Waals surface area contributed by atoms with Gasteiger partial charge in [0, 0.05) is 23.5 Å². The highest BCUT2D eigenvalue weighted by Gasteiger charge is 2.24. The summed E-state index contributed by atoms with van der Waals surface area (Å²) in [5.41, 5.74) is 6.54. The Morgan fingerprint density at radius 2 is 2.00 bits per heavy atom. The van der Waals surface area contributed by atoms with Gasteiger partial charge in [0.1, 0.15) is 0 Å². The Bertz CT molecular complexity index is 628. The fraction of sp³-hybridized carbons (Fsp3) is 0.438. The third kappa shape index (κ3) is 2.52. The molecule has 0 bridgehead atoms. The van der Waals surface area contributed by atoms with Crippen molar-refractivity contribution in [2.75, 3.05) is 12.8 Å². The van der Waals surface area contributed by atoms with Crippen molar-refractivity contribution in [1.29, 1.82) is 0 Å². The van der Waals surface area contributed by atoms with E-state index in [4.69, 9.17) is 5.73 Å². The van der Waals surface area contributed by atoms with Crippen molar-refractivity contribution in [3.8, 4) is 0 Å². The van der Waals surface area contributed by atoms with Crippen LogP contribution in [0.1, 0.15) is 41.8 Å². The number of fused-ring (bicyclic) bond motifs is 1. The molecule has 1 saturated carbocycles. The van der Waals surface area contributed by atoms with E-state index in [0.717, 1.165) is 33.5 Å². The predicted octanol–water partition coefficient (Wildman–Crippen LogP) is 3.89. The van der Waals surface area contributed by atoms with Gasteiger partial charge in [-0.2, -0.15) is 0 Å². The zero-order chi connectivity index (χ0) is 14.1. The van der Waals surface area contributed by atoms with Gasteiger partial charge in [-0.05, 0) is 42.5 Å². The Hall–Kier alpha value is -1.55. The lowest BCUT2D eigenvalue weighted by Crippen LogP contribution is -2.37. The Balaban J connectivity index is 1.84. The maximum absolute atomic E-state index is 12.6. The van der Waals surface area contributed by atoms with Gasteiger partial charge in [-0.15, -0.1) is 11.3 Å². The SMILES string of the molecule is CN(C(=O)c1cc2cc(N)ccc2s1)C1CCCCC1. The molecule has 1 aliphatic carbocycles. The molecule has 0 saturated heterocycles. The van der Waals surface area contributed by atoms with E-state index in [-0.39, 0.29) is 5.91 Å². The number of nitrogens with two attached hydrogens (primary N) is 1. The Labute approximate surface area is 123 Å². The maximum Gasteiger partial charge on any atom is 0.263 e. The molecule has 1 aromatic heterocycles. The highest BCUT2D eigenvalue weighted by Crippen LogP contribution is 2.30. The van der Waals surface area contributed by atoms with E-state index in [1.165, 1.54) is 19.3 Å². The van der Waals surface area contributed by atoms with Crippen molar-refractivity contribution in [3.05, 3.63) is 29.1 Å². The molecular weight excluding hydrogens is 268 g/mol. The van der Waals surface area contributed by atoms with E-state index >= 15 is 0 Å². The summed E-state index contributed by atoms with van der Waals surface area (Å²) < 4.78 is 1.12. The molecule has 4 heteroatoms. The lowest BCUT2D eigenvalue weighted by atomic mass is 9.94. The number of carbonyl (C=O) groups is 1. The first-order chi connectivity index (χ1) is 9.65. The molecule has 1 fully saturated rings. The van der Waals surface area contributed by atoms with Crippen LogP contribution in [0.3, 0.4) is 0 Å². The third-order valence-corrected chi connectivity index (χ3v) is 5.30. The predicted molar refractivity (Wildman–Crippen MR) is 85.2 cm³/mol. The number of nitrogen functional groups attached to an aromatic ring is 1. The van der Waals surface area contributed by atoms with Crippen molar-refractivity contribution < 1.29 is 4.79 Å². The van der Waals surface area contributed by atoms with Gasteiger partial charge in [-0.1, -0.05) is 19.3 Å². The van der Waals surface area contributed by atoms with Crippen LogP contribution >= 0.6 is 11.3 Å². The first kappa shape index (κ1) is 13.4. The lowest BCUT2D eigenvalue weighted by Gasteiger charge is -2.30. The molecule has 106 valence electrons. The zero-order valence-corrected chi connectivity index (χ0v) is 12.6. The molecule has 1 aliphatic rings. The summed E-state index contributed by atoms with van der Waals surface area (Å²) in [6.07, 6.45) is 6.07. The first-order valence-corrected chi connectivity index (χ1v) is 8.03. The minimum absolute atomic E-state index is 0.150. The normalized spacial score (nSPS) is 16.4. The highest BCUT2D eigenvalue weighted by molar-refractivity contribution is 7.20. The van der Waals surface area contributed by atoms with E-state index in [1.54, 1.807) is 11.3 Å². The summed E-state index contributed by atoms with van der Waals surface area (Å²) in [5, 5.41) is 1.07. The number of nitrogens with zero attached hydrogens (tertiary/aromatic N) is 1. The third-order valence-electron chi connectivity index (χ3n) is 4.19. The minimum atomic E-state index is 0.150. The summed E-state index contributed by atoms with van der Waals surface area (Å²) in [6, 6.07) is 8.19. The summed E-state index contributed by atoms with van der Waals surface area (Å²) in [7, 11) is 1.94. The number of rotatable bonds is 2. The Kier molecular flexibility index (Phi) is 3.66. The lowest BCUT2D eigenvalue weighted by molar-refractivity contribution is 0.0701. The molecule has 0 unspecified atom stereocenters. The molecular formula is C16H20N2OS. The fourth-order valence-corrected chi connectivity index (χ4v) is 4.00. The number of amides is 1. The number of carbonyl (C=O) groups excluding carboxylic acids is 1. The second-order valence-electron chi connectivity index (χ2n) is 5.62. The number of hydrogen-bond acceptors (Lipinski definition) is 3. The highest BCUT2D eigenvalue weighted by atomic mass is 32.1. The summed E-state index contributed by atoms with van der Waals surface area (Å²) in [4.78, 5) is 15.4. The zero-order valence-electron chi connectivity index (χ0n) is 11.8. The van der Waals surface area contributed by atoms with Crippen molar-refractivity contribution >= 4 is 33.0 Å². The van der Waals surface area contributed by atoms with Gasteiger partial charge in [-0.3, -0.25) is 4.79 Å². The van der Waals surface area contributed by atoms with Crippen molar-refractivity contribution in [1.82, 2.24) is 4.90 Å². The molecule has 2 aromatic rings. The van der Waals surface area contributed by atoms with Crippen LogP contribution in [0.5, 0.6) is 0 Å². The van der Waals surface area contributed by atoms with Crippen LogP contribution in [0.2, 0.25) is 0 Å². The monoisotopic (exact) mass is 288 g/mol. The average molecular weight is 288 g/mol. The molecule has 0 spiro atoms. The van der Waals surface area contributed by atoms with Crippen molar-refractivity contribution in [3.63, 3.8) is 0 Å². The summed E-state index contributed by atoms with van der Waals surface area (Å²) in [6.45, 7) is 0. The van der Waals surface area contributed by atoms with Crippen LogP contribution in [-0.2, 0) is 0 Å². The largest absolute Gasteiger partial charge is 0.399 e. The molecule has 1 aromatic carbocycles. The van der Waals surface area contributed by atoms with Crippen molar-refractivity contribution in [2.24, 2.45) is 0 Å². The van der Waals surface area contributed by atoms with E-state index < -0.39 is 0 Å². The van der Waals surface area contributed by atoms with Gasteiger partial charge in [0.15, 0.2) is 0 Å². The Morgan fingerprint density at radius 3 is 2.75 bits per heavy atom. The molecule has 20 heavy (non-hydrogen) atoms. The van der Waals surface area contributed by atoms with Gasteiger partial charge in [0.2, 0.25) is 0 Å².